The largest absolute Gasteiger partial charge is 0.393 e. The van der Waals surface area contributed by atoms with Crippen molar-refractivity contribution >= 4 is 17.5 Å². The summed E-state index contributed by atoms with van der Waals surface area (Å²) >= 11 is 5.77. The number of rotatable bonds is 4. The molecule has 1 aromatic heterocycles. The van der Waals surface area contributed by atoms with Gasteiger partial charge < -0.3 is 10.4 Å². The Kier molecular flexibility index (Phi) is 4.77. The summed E-state index contributed by atoms with van der Waals surface area (Å²) in [7, 11) is 0. The molecule has 1 aliphatic carbocycles. The Morgan fingerprint density at radius 3 is 2.83 bits per heavy atom. The summed E-state index contributed by atoms with van der Waals surface area (Å²) in [5.74, 6) is -2.31. The molecular formula is C15H15ClF2N4O2. The van der Waals surface area contributed by atoms with Gasteiger partial charge in [-0.1, -0.05) is 11.6 Å². The Balaban J connectivity index is 1.61. The van der Waals surface area contributed by atoms with Crippen molar-refractivity contribution in [3.8, 4) is 0 Å². The molecule has 1 amide bonds. The number of H-pyrrole nitrogens is 1. The highest BCUT2D eigenvalue weighted by atomic mass is 35.5. The van der Waals surface area contributed by atoms with Crippen LogP contribution in [0.4, 0.5) is 8.78 Å². The summed E-state index contributed by atoms with van der Waals surface area (Å²) < 4.78 is 26.3. The number of hydrogen-bond donors (Lipinski definition) is 3. The van der Waals surface area contributed by atoms with E-state index in [1.807, 2.05) is 0 Å². The van der Waals surface area contributed by atoms with Gasteiger partial charge in [0.25, 0.3) is 5.91 Å². The molecule has 0 unspecified atom stereocenters. The molecule has 128 valence electrons. The van der Waals surface area contributed by atoms with Gasteiger partial charge in [-0.25, -0.2) is 13.8 Å². The van der Waals surface area contributed by atoms with Crippen LogP contribution >= 0.6 is 11.6 Å². The Morgan fingerprint density at radius 2 is 2.12 bits per heavy atom. The molecule has 0 saturated heterocycles. The molecule has 9 heteroatoms. The number of carbonyl (C=O) groups is 1. The molecule has 1 aromatic carbocycles. The van der Waals surface area contributed by atoms with Crippen LogP contribution in [-0.4, -0.2) is 38.8 Å². The molecule has 0 aliphatic heterocycles. The lowest BCUT2D eigenvalue weighted by molar-refractivity contribution is 0.0916. The maximum Gasteiger partial charge on any atom is 0.252 e. The van der Waals surface area contributed by atoms with Crippen molar-refractivity contribution in [1.29, 1.82) is 0 Å². The van der Waals surface area contributed by atoms with Gasteiger partial charge in [0.15, 0.2) is 11.6 Å². The van der Waals surface area contributed by atoms with E-state index in [-0.39, 0.29) is 29.0 Å². The van der Waals surface area contributed by atoms with Gasteiger partial charge in [0.1, 0.15) is 12.2 Å². The molecule has 3 atom stereocenters. The van der Waals surface area contributed by atoms with Gasteiger partial charge in [0, 0.05) is 18.4 Å². The van der Waals surface area contributed by atoms with Crippen LogP contribution < -0.4 is 5.32 Å². The first-order valence-electron chi connectivity index (χ1n) is 7.41. The third-order valence-electron chi connectivity index (χ3n) is 4.26. The molecule has 3 rings (SSSR count). The van der Waals surface area contributed by atoms with Crippen LogP contribution in [0.3, 0.4) is 0 Å². The van der Waals surface area contributed by atoms with Crippen molar-refractivity contribution in [2.24, 2.45) is 5.92 Å². The first-order chi connectivity index (χ1) is 11.5. The first-order valence-corrected chi connectivity index (χ1v) is 7.79. The monoisotopic (exact) mass is 356 g/mol. The fourth-order valence-corrected chi connectivity index (χ4v) is 3.21. The van der Waals surface area contributed by atoms with E-state index < -0.39 is 23.6 Å². The highest BCUT2D eigenvalue weighted by molar-refractivity contribution is 6.33. The smallest absolute Gasteiger partial charge is 0.252 e. The fraction of sp³-hybridized carbons (Fsp3) is 0.400. The van der Waals surface area contributed by atoms with Gasteiger partial charge in [-0.05, 0) is 25.0 Å². The highest BCUT2D eigenvalue weighted by Crippen LogP contribution is 2.36. The molecule has 24 heavy (non-hydrogen) atoms. The molecule has 0 radical (unpaired) electrons. The molecule has 0 spiro atoms. The Bertz CT molecular complexity index is 741. The Hall–Kier alpha value is -2.06. The number of amides is 1. The van der Waals surface area contributed by atoms with Crippen LogP contribution in [0.1, 0.15) is 34.9 Å². The number of nitrogens with zero attached hydrogens (tertiary/aromatic N) is 2. The average molecular weight is 357 g/mol. The fourth-order valence-electron chi connectivity index (χ4n) is 2.97. The van der Waals surface area contributed by atoms with Crippen LogP contribution in [0.25, 0.3) is 0 Å². The maximum atomic E-state index is 13.3. The van der Waals surface area contributed by atoms with E-state index in [9.17, 15) is 18.7 Å². The minimum atomic E-state index is -1.14. The van der Waals surface area contributed by atoms with Crippen LogP contribution in [0, 0.1) is 17.6 Å². The van der Waals surface area contributed by atoms with Crippen molar-refractivity contribution in [3.63, 3.8) is 0 Å². The number of nitrogens with one attached hydrogen (secondary N) is 2. The summed E-state index contributed by atoms with van der Waals surface area (Å²) in [6.45, 7) is 0.194. The Morgan fingerprint density at radius 1 is 1.38 bits per heavy atom. The van der Waals surface area contributed by atoms with Crippen molar-refractivity contribution in [2.75, 3.05) is 6.54 Å². The van der Waals surface area contributed by atoms with Crippen LogP contribution in [-0.2, 0) is 0 Å². The minimum Gasteiger partial charge on any atom is -0.393 e. The van der Waals surface area contributed by atoms with Crippen LogP contribution in [0.2, 0.25) is 5.02 Å². The van der Waals surface area contributed by atoms with E-state index in [1.54, 1.807) is 0 Å². The normalized spacial score (nSPS) is 23.4. The lowest BCUT2D eigenvalue weighted by Gasteiger charge is -2.15. The number of aromatic nitrogens is 3. The second-order valence-corrected chi connectivity index (χ2v) is 6.23. The van der Waals surface area contributed by atoms with Gasteiger partial charge in [-0.15, -0.1) is 0 Å². The molecule has 2 aromatic rings. The first kappa shape index (κ1) is 16.8. The molecule has 0 bridgehead atoms. The van der Waals surface area contributed by atoms with Gasteiger partial charge >= 0.3 is 0 Å². The molecule has 1 saturated carbocycles. The number of aliphatic hydroxyl groups excluding tert-OH is 1. The summed E-state index contributed by atoms with van der Waals surface area (Å²) in [6, 6.07) is 1.52. The lowest BCUT2D eigenvalue weighted by atomic mass is 10.0. The molecule has 6 nitrogen and oxygen atoms in total. The number of carbonyl (C=O) groups excluding carboxylic acids is 1. The van der Waals surface area contributed by atoms with Gasteiger partial charge in [-0.3, -0.25) is 9.89 Å². The maximum absolute atomic E-state index is 13.3. The van der Waals surface area contributed by atoms with Gasteiger partial charge in [0.2, 0.25) is 0 Å². The number of benzene rings is 1. The van der Waals surface area contributed by atoms with Crippen molar-refractivity contribution in [1.82, 2.24) is 20.5 Å². The second-order valence-electron chi connectivity index (χ2n) is 5.82. The highest BCUT2D eigenvalue weighted by Gasteiger charge is 2.35. The van der Waals surface area contributed by atoms with E-state index in [4.69, 9.17) is 11.6 Å². The molecule has 3 N–H and O–H groups in total. The number of hydrogen-bond acceptors (Lipinski definition) is 4. The molecule has 1 heterocycles. The van der Waals surface area contributed by atoms with Crippen LogP contribution in [0.15, 0.2) is 18.5 Å². The zero-order chi connectivity index (χ0) is 17.3. The van der Waals surface area contributed by atoms with Crippen LogP contribution in [0.5, 0.6) is 0 Å². The zero-order valence-corrected chi connectivity index (χ0v) is 13.2. The third-order valence-corrected chi connectivity index (χ3v) is 4.57. The van der Waals surface area contributed by atoms with E-state index in [2.05, 4.69) is 20.5 Å². The van der Waals surface area contributed by atoms with E-state index in [1.165, 1.54) is 6.33 Å². The predicted molar refractivity (Wildman–Crippen MR) is 81.6 cm³/mol. The number of halogens is 3. The second kappa shape index (κ2) is 6.82. The van der Waals surface area contributed by atoms with E-state index in [0.717, 1.165) is 12.1 Å². The van der Waals surface area contributed by atoms with Gasteiger partial charge in [0.05, 0.1) is 16.7 Å². The summed E-state index contributed by atoms with van der Waals surface area (Å²) in [4.78, 5) is 16.2. The summed E-state index contributed by atoms with van der Waals surface area (Å²) in [5.41, 5.74) is -0.144. The lowest BCUT2D eigenvalue weighted by Crippen LogP contribution is -2.32. The Labute approximate surface area is 141 Å². The topological polar surface area (TPSA) is 90.9 Å². The third kappa shape index (κ3) is 3.39. The van der Waals surface area contributed by atoms with Crippen molar-refractivity contribution in [2.45, 2.75) is 24.9 Å². The standard InChI is InChI=1S/C15H15ClF2N4O2/c16-10-4-12(18)11(17)3-9(10)15(24)19-5-8-1-7(2-13(8)23)14-20-6-21-22-14/h3-4,6-8,13,23H,1-2,5H2,(H,19,24)(H,20,21,22)/t7-,8+,13+/m1/s1. The van der Waals surface area contributed by atoms with Crippen molar-refractivity contribution < 1.29 is 18.7 Å². The number of aliphatic hydroxyl groups is 1. The minimum absolute atomic E-state index is 0.0382. The van der Waals surface area contributed by atoms with E-state index in [0.29, 0.717) is 18.7 Å². The quantitative estimate of drug-likeness (QED) is 0.731. The predicted octanol–water partition coefficient (Wildman–Crippen LogP) is 2.02. The molecular weight excluding hydrogens is 342 g/mol. The SMILES string of the molecule is O=C(NC[C@@H]1C[C@@H](c2ncn[nH]2)C[C@@H]1O)c1cc(F)c(F)cc1Cl. The molecule has 1 fully saturated rings. The van der Waals surface area contributed by atoms with Gasteiger partial charge in [-0.2, -0.15) is 5.10 Å². The van der Waals surface area contributed by atoms with E-state index >= 15 is 0 Å². The summed E-state index contributed by atoms with van der Waals surface area (Å²) in [5, 5.41) is 19.1. The van der Waals surface area contributed by atoms with Crippen molar-refractivity contribution in [3.05, 3.63) is 46.5 Å². The molecule has 1 aliphatic rings. The summed E-state index contributed by atoms with van der Waals surface area (Å²) in [6.07, 6.45) is 1.95. The zero-order valence-electron chi connectivity index (χ0n) is 12.5. The average Bonchev–Trinajstić information content (AvgIpc) is 3.18. The number of aromatic amines is 1.